The number of nitrogens with two attached hydrogens (primary N) is 2. The molecule has 0 radical (unpaired) electrons. The van der Waals surface area contributed by atoms with Crippen LogP contribution < -0.4 is 21.5 Å². The molecule has 2 rings (SSSR count). The topological polar surface area (TPSA) is 73.3 Å². The SMILES string of the molecule is NCCCC1COc2ccc(N)cc2N1. The molecule has 1 aliphatic rings. The molecule has 0 saturated carbocycles. The first kappa shape index (κ1) is 10.1. The minimum atomic E-state index is 0.350. The van der Waals surface area contributed by atoms with Crippen LogP contribution in [0.25, 0.3) is 0 Å². The predicted octanol–water partition coefficient (Wildman–Crippen LogP) is 1.18. The quantitative estimate of drug-likeness (QED) is 0.651. The summed E-state index contributed by atoms with van der Waals surface area (Å²) < 4.78 is 5.63. The number of ether oxygens (including phenoxy) is 1. The summed E-state index contributed by atoms with van der Waals surface area (Å²) in [6.45, 7) is 1.43. The van der Waals surface area contributed by atoms with E-state index in [0.29, 0.717) is 12.6 Å². The Bertz CT molecular complexity index is 341. The highest BCUT2D eigenvalue weighted by atomic mass is 16.5. The number of nitrogens with one attached hydrogen (secondary N) is 1. The summed E-state index contributed by atoms with van der Waals surface area (Å²) in [5.74, 6) is 0.883. The van der Waals surface area contributed by atoms with Crippen LogP contribution in [0.4, 0.5) is 11.4 Å². The molecule has 0 bridgehead atoms. The molecule has 1 aromatic carbocycles. The molecule has 15 heavy (non-hydrogen) atoms. The van der Waals surface area contributed by atoms with Gasteiger partial charge in [0.25, 0.3) is 0 Å². The highest BCUT2D eigenvalue weighted by molar-refractivity contribution is 5.64. The van der Waals surface area contributed by atoms with E-state index >= 15 is 0 Å². The van der Waals surface area contributed by atoms with Crippen LogP contribution in [0.15, 0.2) is 18.2 Å². The number of rotatable bonds is 3. The Labute approximate surface area is 89.6 Å². The molecule has 1 unspecified atom stereocenters. The first-order chi connectivity index (χ1) is 7.29. The van der Waals surface area contributed by atoms with Crippen molar-refractivity contribution in [2.45, 2.75) is 18.9 Å². The Kier molecular flexibility index (Phi) is 2.97. The number of benzene rings is 1. The lowest BCUT2D eigenvalue weighted by Crippen LogP contribution is -2.31. The molecule has 82 valence electrons. The first-order valence-electron chi connectivity index (χ1n) is 5.28. The Balaban J connectivity index is 2.05. The van der Waals surface area contributed by atoms with Crippen LogP contribution in [-0.4, -0.2) is 19.2 Å². The van der Waals surface area contributed by atoms with Gasteiger partial charge in [-0.1, -0.05) is 0 Å². The molecule has 0 aromatic heterocycles. The van der Waals surface area contributed by atoms with Gasteiger partial charge in [0.1, 0.15) is 12.4 Å². The van der Waals surface area contributed by atoms with Gasteiger partial charge in [0.2, 0.25) is 0 Å². The predicted molar refractivity (Wildman–Crippen MR) is 62.0 cm³/mol. The smallest absolute Gasteiger partial charge is 0.142 e. The van der Waals surface area contributed by atoms with Crippen molar-refractivity contribution in [3.63, 3.8) is 0 Å². The monoisotopic (exact) mass is 207 g/mol. The van der Waals surface area contributed by atoms with E-state index in [1.807, 2.05) is 18.2 Å². The van der Waals surface area contributed by atoms with Gasteiger partial charge in [-0.05, 0) is 37.6 Å². The van der Waals surface area contributed by atoms with Crippen molar-refractivity contribution < 1.29 is 4.74 Å². The van der Waals surface area contributed by atoms with Crippen molar-refractivity contribution in [2.24, 2.45) is 5.73 Å². The van der Waals surface area contributed by atoms with Crippen LogP contribution in [0.1, 0.15) is 12.8 Å². The molecule has 4 nitrogen and oxygen atoms in total. The third-order valence-electron chi connectivity index (χ3n) is 2.56. The Morgan fingerprint density at radius 2 is 2.33 bits per heavy atom. The molecule has 5 N–H and O–H groups in total. The molecule has 0 saturated heterocycles. The zero-order valence-corrected chi connectivity index (χ0v) is 8.70. The number of hydrogen-bond acceptors (Lipinski definition) is 4. The maximum Gasteiger partial charge on any atom is 0.142 e. The summed E-state index contributed by atoms with van der Waals surface area (Å²) in [6.07, 6.45) is 2.05. The highest BCUT2D eigenvalue weighted by Crippen LogP contribution is 2.31. The van der Waals surface area contributed by atoms with E-state index in [1.165, 1.54) is 0 Å². The van der Waals surface area contributed by atoms with E-state index in [-0.39, 0.29) is 0 Å². The molecule has 0 amide bonds. The Hall–Kier alpha value is -1.42. The van der Waals surface area contributed by atoms with Crippen molar-refractivity contribution in [3.8, 4) is 5.75 Å². The lowest BCUT2D eigenvalue weighted by atomic mass is 10.1. The molecule has 4 heteroatoms. The van der Waals surface area contributed by atoms with Gasteiger partial charge in [0.05, 0.1) is 11.7 Å². The zero-order chi connectivity index (χ0) is 10.7. The van der Waals surface area contributed by atoms with E-state index in [4.69, 9.17) is 16.2 Å². The van der Waals surface area contributed by atoms with E-state index in [2.05, 4.69) is 5.32 Å². The van der Waals surface area contributed by atoms with Crippen LogP contribution in [0, 0.1) is 0 Å². The minimum Gasteiger partial charge on any atom is -0.489 e. The van der Waals surface area contributed by atoms with Crippen molar-refractivity contribution >= 4 is 11.4 Å². The molecule has 1 aliphatic heterocycles. The molecule has 1 aromatic rings. The molecular formula is C11H17N3O. The van der Waals surface area contributed by atoms with Crippen LogP contribution in [-0.2, 0) is 0 Å². The van der Waals surface area contributed by atoms with Gasteiger partial charge in [-0.3, -0.25) is 0 Å². The van der Waals surface area contributed by atoms with E-state index in [1.54, 1.807) is 0 Å². The molecular weight excluding hydrogens is 190 g/mol. The summed E-state index contributed by atoms with van der Waals surface area (Å²) in [6, 6.07) is 6.00. The second-order valence-electron chi connectivity index (χ2n) is 3.84. The summed E-state index contributed by atoms with van der Waals surface area (Å²) in [5.41, 5.74) is 12.9. The maximum atomic E-state index is 5.71. The lowest BCUT2D eigenvalue weighted by molar-refractivity contribution is 0.277. The number of fused-ring (bicyclic) bond motifs is 1. The Morgan fingerprint density at radius 1 is 1.47 bits per heavy atom. The van der Waals surface area contributed by atoms with E-state index < -0.39 is 0 Å². The van der Waals surface area contributed by atoms with Crippen molar-refractivity contribution in [1.29, 1.82) is 0 Å². The fourth-order valence-corrected chi connectivity index (χ4v) is 1.76. The third-order valence-corrected chi connectivity index (χ3v) is 2.56. The van der Waals surface area contributed by atoms with Crippen LogP contribution in [0.5, 0.6) is 5.75 Å². The summed E-state index contributed by atoms with van der Waals surface area (Å²) >= 11 is 0. The van der Waals surface area contributed by atoms with Gasteiger partial charge in [-0.15, -0.1) is 0 Å². The summed E-state index contributed by atoms with van der Waals surface area (Å²) in [4.78, 5) is 0. The number of anilines is 2. The largest absolute Gasteiger partial charge is 0.489 e. The minimum absolute atomic E-state index is 0.350. The van der Waals surface area contributed by atoms with Crippen molar-refractivity contribution in [2.75, 3.05) is 24.2 Å². The van der Waals surface area contributed by atoms with Crippen LogP contribution >= 0.6 is 0 Å². The van der Waals surface area contributed by atoms with Gasteiger partial charge in [-0.2, -0.15) is 0 Å². The summed E-state index contributed by atoms with van der Waals surface area (Å²) in [7, 11) is 0. The maximum absolute atomic E-state index is 5.71. The van der Waals surface area contributed by atoms with Gasteiger partial charge in [0, 0.05) is 5.69 Å². The van der Waals surface area contributed by atoms with E-state index in [9.17, 15) is 0 Å². The molecule has 0 fully saturated rings. The lowest BCUT2D eigenvalue weighted by Gasteiger charge is -2.27. The first-order valence-corrected chi connectivity index (χ1v) is 5.28. The average molecular weight is 207 g/mol. The molecule has 0 aliphatic carbocycles. The standard InChI is InChI=1S/C11H17N3O/c12-5-1-2-9-7-15-11-4-3-8(13)6-10(11)14-9/h3-4,6,9,14H,1-2,5,7,12-13H2. The van der Waals surface area contributed by atoms with Crippen LogP contribution in [0.2, 0.25) is 0 Å². The van der Waals surface area contributed by atoms with Gasteiger partial charge in [-0.25, -0.2) is 0 Å². The third kappa shape index (κ3) is 2.33. The Morgan fingerprint density at radius 3 is 3.13 bits per heavy atom. The highest BCUT2D eigenvalue weighted by Gasteiger charge is 2.17. The van der Waals surface area contributed by atoms with Gasteiger partial charge >= 0.3 is 0 Å². The zero-order valence-electron chi connectivity index (χ0n) is 8.70. The fraction of sp³-hybridized carbons (Fsp3) is 0.455. The summed E-state index contributed by atoms with van der Waals surface area (Å²) in [5, 5.41) is 3.41. The number of nitrogen functional groups attached to an aromatic ring is 1. The van der Waals surface area contributed by atoms with Gasteiger partial charge < -0.3 is 21.5 Å². The number of hydrogen-bond donors (Lipinski definition) is 3. The van der Waals surface area contributed by atoms with Crippen molar-refractivity contribution in [1.82, 2.24) is 0 Å². The normalized spacial score (nSPS) is 18.9. The molecule has 0 spiro atoms. The van der Waals surface area contributed by atoms with E-state index in [0.717, 1.165) is 36.5 Å². The molecule has 1 atom stereocenters. The van der Waals surface area contributed by atoms with Gasteiger partial charge in [0.15, 0.2) is 0 Å². The van der Waals surface area contributed by atoms with Crippen molar-refractivity contribution in [3.05, 3.63) is 18.2 Å². The second-order valence-corrected chi connectivity index (χ2v) is 3.84. The molecule has 1 heterocycles. The van der Waals surface area contributed by atoms with Crippen LogP contribution in [0.3, 0.4) is 0 Å². The average Bonchev–Trinajstić information content (AvgIpc) is 2.25. The fourth-order valence-electron chi connectivity index (χ4n) is 1.76. The second kappa shape index (κ2) is 4.40.